The Morgan fingerprint density at radius 3 is 2.52 bits per heavy atom. The van der Waals surface area contributed by atoms with Gasteiger partial charge in [0, 0.05) is 13.0 Å². The van der Waals surface area contributed by atoms with Gasteiger partial charge in [0.1, 0.15) is 0 Å². The van der Waals surface area contributed by atoms with Crippen LogP contribution in [0.3, 0.4) is 0 Å². The summed E-state index contributed by atoms with van der Waals surface area (Å²) in [4.78, 5) is 21.8. The van der Waals surface area contributed by atoms with Crippen LogP contribution in [0.1, 0.15) is 18.4 Å². The quantitative estimate of drug-likeness (QED) is 0.727. The summed E-state index contributed by atoms with van der Waals surface area (Å²) in [6.45, 7) is 0.0178. The fourth-order valence-electron chi connectivity index (χ4n) is 1.49. The zero-order chi connectivity index (χ0) is 16.0. The molecule has 1 aromatic carbocycles. The molecule has 0 aromatic heterocycles. The first-order valence-electron chi connectivity index (χ1n) is 5.84. The first-order chi connectivity index (χ1) is 9.71. The van der Waals surface area contributed by atoms with Crippen LogP contribution in [0.25, 0.3) is 0 Å². The Bertz CT molecular complexity index is 535. The second kappa shape index (κ2) is 7.16. The molecular formula is C12H12ClF3N2O3. The molecule has 0 unspecified atom stereocenters. The van der Waals surface area contributed by atoms with E-state index in [4.69, 9.17) is 16.7 Å². The van der Waals surface area contributed by atoms with Gasteiger partial charge in [0.05, 0.1) is 16.3 Å². The maximum atomic E-state index is 12.8. The maximum absolute atomic E-state index is 12.8. The second-order valence-corrected chi connectivity index (χ2v) is 4.45. The number of carboxylic acid groups (broad SMARTS) is 1. The molecule has 0 aliphatic carbocycles. The van der Waals surface area contributed by atoms with Crippen LogP contribution in [0.5, 0.6) is 0 Å². The minimum absolute atomic E-state index is 0.0178. The maximum Gasteiger partial charge on any atom is 0.418 e. The Hall–Kier alpha value is -1.96. The van der Waals surface area contributed by atoms with Gasteiger partial charge in [0.2, 0.25) is 0 Å². The van der Waals surface area contributed by atoms with Gasteiger partial charge in [-0.05, 0) is 18.6 Å². The summed E-state index contributed by atoms with van der Waals surface area (Å²) in [5.74, 6) is -1.03. The van der Waals surface area contributed by atoms with E-state index in [9.17, 15) is 22.8 Å². The highest BCUT2D eigenvalue weighted by atomic mass is 35.5. The summed E-state index contributed by atoms with van der Waals surface area (Å²) < 4.78 is 38.3. The Morgan fingerprint density at radius 2 is 1.95 bits per heavy atom. The summed E-state index contributed by atoms with van der Waals surface area (Å²) >= 11 is 5.66. The molecule has 0 bridgehead atoms. The second-order valence-electron chi connectivity index (χ2n) is 4.04. The van der Waals surface area contributed by atoms with E-state index >= 15 is 0 Å². The molecule has 0 spiro atoms. The van der Waals surface area contributed by atoms with E-state index in [0.29, 0.717) is 0 Å². The highest BCUT2D eigenvalue weighted by Crippen LogP contribution is 2.38. The van der Waals surface area contributed by atoms with Gasteiger partial charge in [-0.15, -0.1) is 0 Å². The number of aliphatic carboxylic acids is 1. The minimum atomic E-state index is -4.66. The van der Waals surface area contributed by atoms with Crippen LogP contribution in [-0.2, 0) is 11.0 Å². The number of carboxylic acids is 1. The number of rotatable bonds is 5. The van der Waals surface area contributed by atoms with E-state index in [0.717, 1.165) is 12.1 Å². The number of anilines is 1. The molecular weight excluding hydrogens is 313 g/mol. The van der Waals surface area contributed by atoms with E-state index in [-0.39, 0.29) is 24.4 Å². The molecule has 0 aliphatic rings. The summed E-state index contributed by atoms with van der Waals surface area (Å²) in [5, 5.41) is 12.4. The summed E-state index contributed by atoms with van der Waals surface area (Å²) in [7, 11) is 0. The predicted octanol–water partition coefficient (Wildman–Crippen LogP) is 3.35. The Labute approximate surface area is 123 Å². The number of carbonyl (C=O) groups is 2. The van der Waals surface area contributed by atoms with E-state index in [2.05, 4.69) is 5.32 Å². The summed E-state index contributed by atoms with van der Waals surface area (Å²) in [6, 6.07) is 2.25. The molecule has 0 radical (unpaired) electrons. The molecule has 0 fully saturated rings. The number of amides is 2. The lowest BCUT2D eigenvalue weighted by Gasteiger charge is -2.15. The molecule has 21 heavy (non-hydrogen) atoms. The van der Waals surface area contributed by atoms with Gasteiger partial charge in [-0.1, -0.05) is 17.7 Å². The van der Waals surface area contributed by atoms with Crippen molar-refractivity contribution in [3.8, 4) is 0 Å². The molecule has 1 aromatic rings. The van der Waals surface area contributed by atoms with Crippen molar-refractivity contribution in [3.05, 3.63) is 28.8 Å². The number of nitrogens with one attached hydrogen (secondary N) is 2. The molecule has 0 aliphatic heterocycles. The number of hydrogen-bond donors (Lipinski definition) is 3. The molecule has 116 valence electrons. The lowest BCUT2D eigenvalue weighted by Crippen LogP contribution is -2.30. The fraction of sp³-hybridized carbons (Fsp3) is 0.333. The molecule has 1 rings (SSSR count). The zero-order valence-electron chi connectivity index (χ0n) is 10.6. The first kappa shape index (κ1) is 17.1. The average Bonchev–Trinajstić information content (AvgIpc) is 2.35. The Balaban J connectivity index is 2.70. The number of halogens is 4. The largest absolute Gasteiger partial charge is 0.481 e. The van der Waals surface area contributed by atoms with Crippen molar-refractivity contribution in [2.75, 3.05) is 11.9 Å². The molecule has 5 nitrogen and oxygen atoms in total. The van der Waals surface area contributed by atoms with Crippen LogP contribution in [-0.4, -0.2) is 23.7 Å². The van der Waals surface area contributed by atoms with Crippen molar-refractivity contribution >= 4 is 29.3 Å². The van der Waals surface area contributed by atoms with Gasteiger partial charge in [-0.2, -0.15) is 13.2 Å². The van der Waals surface area contributed by atoms with Crippen molar-refractivity contribution in [2.45, 2.75) is 19.0 Å². The SMILES string of the molecule is O=C(O)CCCNC(=O)Nc1c(Cl)cccc1C(F)(F)F. The number of hydrogen-bond acceptors (Lipinski definition) is 2. The number of urea groups is 1. The molecule has 0 saturated carbocycles. The van der Waals surface area contributed by atoms with Crippen molar-refractivity contribution in [3.63, 3.8) is 0 Å². The van der Waals surface area contributed by atoms with Crippen LogP contribution in [0.4, 0.5) is 23.7 Å². The molecule has 2 amide bonds. The van der Waals surface area contributed by atoms with Gasteiger partial charge in [-0.25, -0.2) is 4.79 Å². The van der Waals surface area contributed by atoms with Gasteiger partial charge in [0.25, 0.3) is 0 Å². The number of carbonyl (C=O) groups excluding carboxylic acids is 1. The zero-order valence-corrected chi connectivity index (χ0v) is 11.4. The van der Waals surface area contributed by atoms with E-state index in [1.54, 1.807) is 0 Å². The fourth-order valence-corrected chi connectivity index (χ4v) is 1.71. The van der Waals surface area contributed by atoms with Crippen molar-refractivity contribution < 1.29 is 27.9 Å². The molecule has 9 heteroatoms. The predicted molar refractivity (Wildman–Crippen MR) is 70.3 cm³/mol. The first-order valence-corrected chi connectivity index (χ1v) is 6.22. The summed E-state index contributed by atoms with van der Waals surface area (Å²) in [6.07, 6.45) is -4.64. The van der Waals surface area contributed by atoms with Gasteiger partial charge >= 0.3 is 18.2 Å². The standard InChI is InChI=1S/C12H12ClF3N2O3/c13-8-4-1-3-7(12(14,15)16)10(8)18-11(21)17-6-2-5-9(19)20/h1,3-4H,2,5-6H2,(H,19,20)(H2,17,18,21). The van der Waals surface area contributed by atoms with Crippen molar-refractivity contribution in [1.29, 1.82) is 0 Å². The third kappa shape index (κ3) is 5.50. The monoisotopic (exact) mass is 324 g/mol. The van der Waals surface area contributed by atoms with Crippen LogP contribution in [0.2, 0.25) is 5.02 Å². The summed E-state index contributed by atoms with van der Waals surface area (Å²) in [5.41, 5.74) is -1.60. The third-order valence-corrected chi connectivity index (χ3v) is 2.73. The van der Waals surface area contributed by atoms with E-state index in [1.165, 1.54) is 6.07 Å². The number of benzene rings is 1. The highest BCUT2D eigenvalue weighted by Gasteiger charge is 2.34. The minimum Gasteiger partial charge on any atom is -0.481 e. The molecule has 0 heterocycles. The number of para-hydroxylation sites is 1. The topological polar surface area (TPSA) is 78.4 Å². The van der Waals surface area contributed by atoms with Crippen LogP contribution in [0.15, 0.2) is 18.2 Å². The third-order valence-electron chi connectivity index (χ3n) is 2.41. The highest BCUT2D eigenvalue weighted by molar-refractivity contribution is 6.33. The van der Waals surface area contributed by atoms with Crippen LogP contribution < -0.4 is 10.6 Å². The Morgan fingerprint density at radius 1 is 1.29 bits per heavy atom. The van der Waals surface area contributed by atoms with Crippen LogP contribution in [0, 0.1) is 0 Å². The van der Waals surface area contributed by atoms with Gasteiger partial charge in [0.15, 0.2) is 0 Å². The Kier molecular flexibility index (Phi) is 5.83. The average molecular weight is 325 g/mol. The molecule has 0 atom stereocenters. The smallest absolute Gasteiger partial charge is 0.418 e. The van der Waals surface area contributed by atoms with Crippen LogP contribution >= 0.6 is 11.6 Å². The van der Waals surface area contributed by atoms with E-state index < -0.39 is 29.4 Å². The number of alkyl halides is 3. The lowest BCUT2D eigenvalue weighted by atomic mass is 10.1. The molecule has 0 saturated heterocycles. The van der Waals surface area contributed by atoms with Crippen molar-refractivity contribution in [1.82, 2.24) is 5.32 Å². The van der Waals surface area contributed by atoms with Gasteiger partial charge in [-0.3, -0.25) is 4.79 Å². The van der Waals surface area contributed by atoms with Crippen molar-refractivity contribution in [2.24, 2.45) is 0 Å². The van der Waals surface area contributed by atoms with E-state index in [1.807, 2.05) is 5.32 Å². The van der Waals surface area contributed by atoms with Gasteiger partial charge < -0.3 is 15.7 Å². The lowest BCUT2D eigenvalue weighted by molar-refractivity contribution is -0.138. The normalized spacial score (nSPS) is 11.0. The molecule has 3 N–H and O–H groups in total.